The maximum absolute atomic E-state index is 11.2. The first kappa shape index (κ1) is 43.4. The Bertz CT molecular complexity index is 3210. The van der Waals surface area contributed by atoms with Gasteiger partial charge in [-0.1, -0.05) is 36.4 Å². The summed E-state index contributed by atoms with van der Waals surface area (Å²) in [4.78, 5) is 48.8. The zero-order valence-electron chi connectivity index (χ0n) is 36.0. The van der Waals surface area contributed by atoms with Crippen LogP contribution in [-0.4, -0.2) is 92.8 Å². The summed E-state index contributed by atoms with van der Waals surface area (Å²) in [6, 6.07) is 46.5. The van der Waals surface area contributed by atoms with Crippen LogP contribution in [0.3, 0.4) is 0 Å². The molecule has 328 valence electrons. The van der Waals surface area contributed by atoms with Crippen LogP contribution in [0, 0.1) is 13.8 Å². The Morgan fingerprint density at radius 2 is 0.471 bits per heavy atom. The summed E-state index contributed by atoms with van der Waals surface area (Å²) in [5, 5.41) is 52.4. The van der Waals surface area contributed by atoms with Crippen LogP contribution in [0.25, 0.3) is 91.1 Å². The van der Waals surface area contributed by atoms with Crippen molar-refractivity contribution in [2.45, 2.75) is 13.8 Å². The van der Waals surface area contributed by atoms with E-state index in [1.165, 1.54) is 12.1 Å². The first-order valence-electron chi connectivity index (χ1n) is 20.7. The Kier molecular flexibility index (Phi) is 12.4. The summed E-state index contributed by atoms with van der Waals surface area (Å²) in [6.45, 7) is 3.90. The summed E-state index contributed by atoms with van der Waals surface area (Å²) in [7, 11) is 0. The molecule has 0 aliphatic carbocycles. The molecule has 0 bridgehead atoms. The van der Waals surface area contributed by atoms with Crippen LogP contribution in [0.1, 0.15) is 32.4 Å². The fourth-order valence-electron chi connectivity index (χ4n) is 6.63. The molecule has 0 fully saturated rings. The zero-order chi connectivity index (χ0) is 47.0. The third-order valence-electron chi connectivity index (χ3n) is 9.97. The molecule has 10 aromatic rings. The molecule has 10 rings (SSSR count). The summed E-state index contributed by atoms with van der Waals surface area (Å²) in [6.07, 6.45) is 0. The van der Waals surface area contributed by atoms with Crippen molar-refractivity contribution in [3.05, 3.63) is 181 Å². The number of pyridine rings is 6. The van der Waals surface area contributed by atoms with Gasteiger partial charge in [-0.05, 0) is 135 Å². The minimum atomic E-state index is -1.12. The lowest BCUT2D eigenvalue weighted by Gasteiger charge is -2.06. The number of aromatic nitrogens is 14. The third kappa shape index (κ3) is 10.1. The fourth-order valence-corrected chi connectivity index (χ4v) is 6.63. The van der Waals surface area contributed by atoms with E-state index in [-0.39, 0.29) is 11.4 Å². The van der Waals surface area contributed by atoms with E-state index in [9.17, 15) is 9.59 Å². The van der Waals surface area contributed by atoms with Crippen molar-refractivity contribution in [3.8, 4) is 91.1 Å². The van der Waals surface area contributed by atoms with Gasteiger partial charge in [-0.15, -0.1) is 40.8 Å². The van der Waals surface area contributed by atoms with Crippen LogP contribution in [-0.2, 0) is 0 Å². The number of hydrogen-bond acceptors (Lipinski definition) is 16. The number of aryl methyl sites for hydroxylation is 2. The predicted octanol–water partition coefficient (Wildman–Crippen LogP) is 8.25. The zero-order valence-corrected chi connectivity index (χ0v) is 36.0. The van der Waals surface area contributed by atoms with Crippen molar-refractivity contribution >= 4 is 11.9 Å². The van der Waals surface area contributed by atoms with Gasteiger partial charge >= 0.3 is 11.9 Å². The molecule has 0 aliphatic heterocycles. The van der Waals surface area contributed by atoms with Gasteiger partial charge in [0.25, 0.3) is 0 Å². The minimum absolute atomic E-state index is 0.0785. The number of hydrogen-bond donors (Lipinski definition) is 2. The van der Waals surface area contributed by atoms with Crippen molar-refractivity contribution in [2.75, 3.05) is 0 Å². The summed E-state index contributed by atoms with van der Waals surface area (Å²) < 4.78 is 0. The molecule has 0 saturated heterocycles. The van der Waals surface area contributed by atoms with Gasteiger partial charge in [-0.2, -0.15) is 0 Å². The van der Waals surface area contributed by atoms with Crippen LogP contribution < -0.4 is 0 Å². The lowest BCUT2D eigenvalue weighted by molar-refractivity contribution is 0.0680. The van der Waals surface area contributed by atoms with Gasteiger partial charge in [0.2, 0.25) is 0 Å². The molecule has 0 spiro atoms. The lowest BCUT2D eigenvalue weighted by Crippen LogP contribution is -2.02. The van der Waals surface area contributed by atoms with Gasteiger partial charge in [-0.3, -0.25) is 9.97 Å². The van der Waals surface area contributed by atoms with Gasteiger partial charge in [0.05, 0.1) is 45.6 Å². The molecule has 0 aliphatic rings. The topological polar surface area (TPSA) is 255 Å². The fraction of sp³-hybridized carbons (Fsp3) is 0.0400. The van der Waals surface area contributed by atoms with E-state index in [1.807, 2.05) is 92.7 Å². The number of rotatable bonds is 10. The number of nitrogens with zero attached hydrogens (tertiary/aromatic N) is 14. The van der Waals surface area contributed by atoms with Gasteiger partial charge in [0, 0.05) is 11.4 Å². The first-order valence-corrected chi connectivity index (χ1v) is 20.7. The second-order valence-corrected chi connectivity index (χ2v) is 14.8. The van der Waals surface area contributed by atoms with Crippen molar-refractivity contribution < 1.29 is 19.8 Å². The van der Waals surface area contributed by atoms with Crippen molar-refractivity contribution in [3.63, 3.8) is 0 Å². The highest BCUT2D eigenvalue weighted by molar-refractivity contribution is 5.86. The van der Waals surface area contributed by atoms with Crippen LogP contribution in [0.5, 0.6) is 0 Å². The molecule has 0 saturated carbocycles. The average Bonchev–Trinajstić information content (AvgIpc) is 3.39. The molecule has 18 heteroatoms. The Balaban J connectivity index is 0.000000171. The second kappa shape index (κ2) is 19.5. The molecular weight excluding hydrogens is 861 g/mol. The SMILES string of the molecule is Cc1cccc(-c2ccc(-c3cccc(-c4ccc(-c5cccc(C)n5)nn4)n3)nn2)n1.O=C(O)c1cccc(-c2ccc(-c3cccc(-c4ccc(-c5cccc(C(=O)O)n5)nn4)n3)nn2)n1. The summed E-state index contributed by atoms with van der Waals surface area (Å²) >= 11 is 0. The van der Waals surface area contributed by atoms with Gasteiger partial charge in [0.15, 0.2) is 0 Å². The number of aromatic carboxylic acids is 2. The molecule has 10 aromatic heterocycles. The maximum atomic E-state index is 11.2. The monoisotopic (exact) mass is 894 g/mol. The molecule has 0 atom stereocenters. The van der Waals surface area contributed by atoms with Crippen molar-refractivity contribution in [2.24, 2.45) is 0 Å². The van der Waals surface area contributed by atoms with Gasteiger partial charge in [0.1, 0.15) is 56.9 Å². The number of carboxylic acid groups (broad SMARTS) is 2. The molecule has 0 amide bonds. The molecule has 0 radical (unpaired) electrons. The van der Waals surface area contributed by atoms with Crippen LogP contribution in [0.15, 0.2) is 158 Å². The smallest absolute Gasteiger partial charge is 0.354 e. The minimum Gasteiger partial charge on any atom is -0.477 e. The molecule has 0 aromatic carbocycles. The molecule has 2 N–H and O–H groups in total. The number of carbonyl (C=O) groups is 2. The van der Waals surface area contributed by atoms with Crippen LogP contribution in [0.2, 0.25) is 0 Å². The standard InChI is InChI=1S/C25H15N7O4.C25H19N7/c33-24(34)22-8-2-6-16(27-22)20-12-10-18(29-31-20)14-4-1-5-15(26-14)19-11-13-21(32-30-19)17-7-3-9-23(28-17)25(35)36;1-16-6-3-8-18(26-16)22-12-14-24(31-29-22)20-10-5-11-21(28-20)25-15-13-23(30-32-25)19-9-4-7-17(2)27-19/h1-13H,(H,33,34)(H,35,36);3-15H,1-2H3. The van der Waals surface area contributed by atoms with Crippen molar-refractivity contribution in [1.82, 2.24) is 70.7 Å². The molecule has 68 heavy (non-hydrogen) atoms. The Hall–Kier alpha value is -9.84. The highest BCUT2D eigenvalue weighted by Gasteiger charge is 2.14. The van der Waals surface area contributed by atoms with E-state index >= 15 is 0 Å². The summed E-state index contributed by atoms with van der Waals surface area (Å²) in [5.74, 6) is -2.24. The second-order valence-electron chi connectivity index (χ2n) is 14.8. The largest absolute Gasteiger partial charge is 0.477 e. The Labute approximate surface area is 386 Å². The quantitative estimate of drug-likeness (QED) is 0.131. The highest BCUT2D eigenvalue weighted by Crippen LogP contribution is 2.25. The van der Waals surface area contributed by atoms with Crippen LogP contribution in [0.4, 0.5) is 0 Å². The highest BCUT2D eigenvalue weighted by atomic mass is 16.4. The Morgan fingerprint density at radius 1 is 0.265 bits per heavy atom. The summed E-state index contributed by atoms with van der Waals surface area (Å²) in [5.41, 5.74) is 11.3. The number of carboxylic acids is 2. The van der Waals surface area contributed by atoms with E-state index in [0.717, 1.165) is 34.2 Å². The van der Waals surface area contributed by atoms with Gasteiger partial charge < -0.3 is 10.2 Å². The van der Waals surface area contributed by atoms with Crippen LogP contribution >= 0.6 is 0 Å². The Morgan fingerprint density at radius 3 is 0.691 bits per heavy atom. The predicted molar refractivity (Wildman–Crippen MR) is 249 cm³/mol. The molecule has 10 heterocycles. The van der Waals surface area contributed by atoms with Crippen molar-refractivity contribution in [1.29, 1.82) is 0 Å². The molecule has 0 unspecified atom stereocenters. The van der Waals surface area contributed by atoms with E-state index in [2.05, 4.69) is 65.7 Å². The van der Waals surface area contributed by atoms with E-state index in [1.54, 1.807) is 66.7 Å². The average molecular weight is 895 g/mol. The molecular formula is C50H34N14O4. The van der Waals surface area contributed by atoms with E-state index in [4.69, 9.17) is 15.2 Å². The van der Waals surface area contributed by atoms with Gasteiger partial charge in [-0.25, -0.2) is 29.5 Å². The lowest BCUT2D eigenvalue weighted by atomic mass is 10.1. The third-order valence-corrected chi connectivity index (χ3v) is 9.97. The normalized spacial score (nSPS) is 10.7. The van der Waals surface area contributed by atoms with E-state index < -0.39 is 11.9 Å². The van der Waals surface area contributed by atoms with E-state index in [0.29, 0.717) is 68.3 Å². The first-order chi connectivity index (χ1) is 33.1. The maximum Gasteiger partial charge on any atom is 0.354 e. The molecule has 18 nitrogen and oxygen atoms in total.